The summed E-state index contributed by atoms with van der Waals surface area (Å²) in [5.74, 6) is 0.364. The van der Waals surface area contributed by atoms with Gasteiger partial charge in [-0.3, -0.25) is 4.79 Å². The van der Waals surface area contributed by atoms with E-state index >= 15 is 0 Å². The van der Waals surface area contributed by atoms with Gasteiger partial charge in [0.2, 0.25) is 10.0 Å². The highest BCUT2D eigenvalue weighted by molar-refractivity contribution is 7.89. The van der Waals surface area contributed by atoms with Crippen LogP contribution in [0.1, 0.15) is 20.8 Å². The molecule has 7 nitrogen and oxygen atoms in total. The van der Waals surface area contributed by atoms with Gasteiger partial charge in [0.1, 0.15) is 11.5 Å². The first-order valence-electron chi connectivity index (χ1n) is 8.69. The summed E-state index contributed by atoms with van der Waals surface area (Å²) >= 11 is 6.11. The molecule has 0 saturated heterocycles. The van der Waals surface area contributed by atoms with Crippen LogP contribution in [0.25, 0.3) is 0 Å². The van der Waals surface area contributed by atoms with Crippen LogP contribution in [-0.2, 0) is 14.8 Å². The predicted octanol–water partition coefficient (Wildman–Crippen LogP) is 3.44. The quantitative estimate of drug-likeness (QED) is 0.640. The Hall–Kier alpha value is -2.29. The Morgan fingerprint density at radius 1 is 1.11 bits per heavy atom. The molecular weight excluding hydrogens is 404 g/mol. The highest BCUT2D eigenvalue weighted by atomic mass is 35.5. The first-order valence-corrected chi connectivity index (χ1v) is 10.6. The average molecular weight is 427 g/mol. The molecule has 0 heterocycles. The fourth-order valence-electron chi connectivity index (χ4n) is 2.32. The highest BCUT2D eigenvalue weighted by Gasteiger charge is 2.17. The van der Waals surface area contributed by atoms with Gasteiger partial charge in [-0.1, -0.05) is 23.7 Å². The monoisotopic (exact) mass is 426 g/mol. The molecule has 2 aromatic carbocycles. The number of carbonyl (C=O) groups is 1. The van der Waals surface area contributed by atoms with Gasteiger partial charge < -0.3 is 14.8 Å². The van der Waals surface area contributed by atoms with E-state index in [0.29, 0.717) is 18.0 Å². The Morgan fingerprint density at radius 2 is 1.82 bits per heavy atom. The molecule has 2 N–H and O–H groups in total. The normalized spacial score (nSPS) is 11.3. The maximum atomic E-state index is 12.2. The zero-order valence-corrected chi connectivity index (χ0v) is 17.4. The molecule has 0 atom stereocenters. The maximum absolute atomic E-state index is 12.2. The van der Waals surface area contributed by atoms with E-state index in [2.05, 4.69) is 10.0 Å². The summed E-state index contributed by atoms with van der Waals surface area (Å²) in [6, 6.07) is 10.9. The van der Waals surface area contributed by atoms with Gasteiger partial charge in [-0.2, -0.15) is 0 Å². The molecule has 0 aliphatic heterocycles. The number of anilines is 1. The molecule has 28 heavy (non-hydrogen) atoms. The van der Waals surface area contributed by atoms with Crippen molar-refractivity contribution in [2.45, 2.75) is 31.7 Å². The van der Waals surface area contributed by atoms with E-state index in [0.717, 1.165) is 0 Å². The number of amides is 1. The third-order valence-corrected chi connectivity index (χ3v) is 5.38. The maximum Gasteiger partial charge on any atom is 0.262 e. The van der Waals surface area contributed by atoms with E-state index in [9.17, 15) is 13.2 Å². The lowest BCUT2D eigenvalue weighted by atomic mass is 10.3. The number of para-hydroxylation sites is 2. The Labute approximate surface area is 170 Å². The highest BCUT2D eigenvalue weighted by Crippen LogP contribution is 2.28. The number of nitrogens with one attached hydrogen (secondary N) is 2. The van der Waals surface area contributed by atoms with Gasteiger partial charge in [-0.05, 0) is 51.1 Å². The van der Waals surface area contributed by atoms with Crippen LogP contribution in [0.5, 0.6) is 11.5 Å². The number of rotatable bonds is 9. The molecule has 2 rings (SSSR count). The summed E-state index contributed by atoms with van der Waals surface area (Å²) in [6.07, 6.45) is 0. The van der Waals surface area contributed by atoms with Crippen molar-refractivity contribution in [2.75, 3.05) is 18.5 Å². The van der Waals surface area contributed by atoms with Crippen LogP contribution in [0.4, 0.5) is 5.69 Å². The number of hydrogen-bond acceptors (Lipinski definition) is 5. The molecule has 0 aromatic heterocycles. The molecule has 1 amide bonds. The van der Waals surface area contributed by atoms with Gasteiger partial charge in [-0.15, -0.1) is 0 Å². The SMILES string of the molecule is CCOc1ccccc1NC(=O)COc1ccc(S(=O)(=O)NC(C)C)cc1Cl. The fourth-order valence-corrected chi connectivity index (χ4v) is 3.90. The predicted molar refractivity (Wildman–Crippen MR) is 109 cm³/mol. The molecule has 2 aromatic rings. The van der Waals surface area contributed by atoms with Gasteiger partial charge in [0.25, 0.3) is 5.91 Å². The zero-order chi connectivity index (χ0) is 20.7. The van der Waals surface area contributed by atoms with Crippen LogP contribution in [0.2, 0.25) is 5.02 Å². The smallest absolute Gasteiger partial charge is 0.262 e. The number of hydrogen-bond donors (Lipinski definition) is 2. The standard InChI is InChI=1S/C19H23ClN2O5S/c1-4-26-18-8-6-5-7-16(18)21-19(23)12-27-17-10-9-14(11-15(17)20)28(24,25)22-13(2)3/h5-11,13,22H,4,12H2,1-3H3,(H,21,23). The summed E-state index contributed by atoms with van der Waals surface area (Å²) in [4.78, 5) is 12.2. The lowest BCUT2D eigenvalue weighted by molar-refractivity contribution is -0.118. The van der Waals surface area contributed by atoms with Gasteiger partial charge >= 0.3 is 0 Å². The van der Waals surface area contributed by atoms with E-state index in [1.54, 1.807) is 38.1 Å². The third kappa shape index (κ3) is 6.12. The Morgan fingerprint density at radius 3 is 2.46 bits per heavy atom. The van der Waals surface area contributed by atoms with Crippen molar-refractivity contribution in [1.29, 1.82) is 0 Å². The first-order chi connectivity index (χ1) is 13.2. The number of sulfonamides is 1. The second-order valence-electron chi connectivity index (χ2n) is 6.13. The summed E-state index contributed by atoms with van der Waals surface area (Å²) in [5, 5.41) is 2.80. The molecule has 0 fully saturated rings. The minimum atomic E-state index is -3.66. The van der Waals surface area contributed by atoms with Crippen LogP contribution in [0, 0.1) is 0 Å². The minimum Gasteiger partial charge on any atom is -0.492 e. The van der Waals surface area contributed by atoms with Crippen molar-refractivity contribution >= 4 is 33.2 Å². The third-order valence-electron chi connectivity index (χ3n) is 3.42. The molecular formula is C19H23ClN2O5S. The van der Waals surface area contributed by atoms with Crippen LogP contribution in [-0.4, -0.2) is 33.6 Å². The first kappa shape index (κ1) is 22.0. The van der Waals surface area contributed by atoms with Crippen LogP contribution >= 0.6 is 11.6 Å². The molecule has 0 aliphatic carbocycles. The lowest BCUT2D eigenvalue weighted by Gasteiger charge is -2.13. The second-order valence-corrected chi connectivity index (χ2v) is 8.26. The van der Waals surface area contributed by atoms with Crippen molar-refractivity contribution < 1.29 is 22.7 Å². The molecule has 0 bridgehead atoms. The van der Waals surface area contributed by atoms with Gasteiger partial charge in [-0.25, -0.2) is 13.1 Å². The van der Waals surface area contributed by atoms with Crippen molar-refractivity contribution in [3.8, 4) is 11.5 Å². The largest absolute Gasteiger partial charge is 0.492 e. The van der Waals surface area contributed by atoms with Crippen molar-refractivity contribution in [2.24, 2.45) is 0 Å². The van der Waals surface area contributed by atoms with Crippen molar-refractivity contribution in [1.82, 2.24) is 4.72 Å². The summed E-state index contributed by atoms with van der Waals surface area (Å²) in [6.45, 7) is 5.47. The lowest BCUT2D eigenvalue weighted by Crippen LogP contribution is -2.30. The Kier molecular flexibility index (Phi) is 7.68. The van der Waals surface area contributed by atoms with Gasteiger partial charge in [0, 0.05) is 6.04 Å². The van der Waals surface area contributed by atoms with Gasteiger partial charge in [0.05, 0.1) is 22.2 Å². The number of halogens is 1. The van der Waals surface area contributed by atoms with E-state index in [-0.39, 0.29) is 28.3 Å². The molecule has 0 unspecified atom stereocenters. The molecule has 0 saturated carbocycles. The van der Waals surface area contributed by atoms with Crippen LogP contribution in [0.15, 0.2) is 47.4 Å². The van der Waals surface area contributed by atoms with Crippen molar-refractivity contribution in [3.63, 3.8) is 0 Å². The summed E-state index contributed by atoms with van der Waals surface area (Å²) in [5.41, 5.74) is 0.533. The van der Waals surface area contributed by atoms with E-state index in [1.165, 1.54) is 18.2 Å². The summed E-state index contributed by atoms with van der Waals surface area (Å²) < 4.78 is 37.7. The minimum absolute atomic E-state index is 0.0219. The number of carbonyl (C=O) groups excluding carboxylic acids is 1. The van der Waals surface area contributed by atoms with E-state index in [1.807, 2.05) is 6.92 Å². The molecule has 0 aliphatic rings. The fraction of sp³-hybridized carbons (Fsp3) is 0.316. The zero-order valence-electron chi connectivity index (χ0n) is 15.9. The molecule has 9 heteroatoms. The number of ether oxygens (including phenoxy) is 2. The topological polar surface area (TPSA) is 93.7 Å². The Balaban J connectivity index is 2.02. The van der Waals surface area contributed by atoms with Crippen LogP contribution < -0.4 is 19.5 Å². The second kappa shape index (κ2) is 9.77. The van der Waals surface area contributed by atoms with Crippen LogP contribution in [0.3, 0.4) is 0 Å². The number of benzene rings is 2. The Bertz CT molecular complexity index is 932. The van der Waals surface area contributed by atoms with Gasteiger partial charge in [0.15, 0.2) is 6.61 Å². The molecule has 0 spiro atoms. The summed E-state index contributed by atoms with van der Waals surface area (Å²) in [7, 11) is -3.66. The van der Waals surface area contributed by atoms with Crippen molar-refractivity contribution in [3.05, 3.63) is 47.5 Å². The molecule has 152 valence electrons. The van der Waals surface area contributed by atoms with E-state index in [4.69, 9.17) is 21.1 Å². The average Bonchev–Trinajstić information content (AvgIpc) is 2.61. The van der Waals surface area contributed by atoms with E-state index < -0.39 is 15.9 Å². The molecule has 0 radical (unpaired) electrons.